The number of nitrogens with zero attached hydrogens (tertiary/aromatic N) is 1. The van der Waals surface area contributed by atoms with Gasteiger partial charge < -0.3 is 26.0 Å². The number of aromatic nitrogens is 1. The zero-order valence-corrected chi connectivity index (χ0v) is 21.3. The summed E-state index contributed by atoms with van der Waals surface area (Å²) in [6.45, 7) is 4.25. The van der Waals surface area contributed by atoms with E-state index in [2.05, 4.69) is 10.3 Å². The highest BCUT2D eigenvalue weighted by molar-refractivity contribution is 5.92. The van der Waals surface area contributed by atoms with Gasteiger partial charge in [0.05, 0.1) is 11.5 Å². The first kappa shape index (κ1) is 25.0. The largest absolute Gasteiger partial charge is 0.481 e. The molecule has 8 nitrogen and oxygen atoms in total. The Morgan fingerprint density at radius 2 is 1.81 bits per heavy atom. The van der Waals surface area contributed by atoms with Crippen molar-refractivity contribution in [3.8, 4) is 0 Å². The zero-order valence-electron chi connectivity index (χ0n) is 21.3. The van der Waals surface area contributed by atoms with Gasteiger partial charge in [-0.2, -0.15) is 0 Å². The summed E-state index contributed by atoms with van der Waals surface area (Å²) < 4.78 is 0. The maximum atomic E-state index is 13.8. The zero-order chi connectivity index (χ0) is 26.4. The van der Waals surface area contributed by atoms with Crippen molar-refractivity contribution in [1.82, 2.24) is 15.2 Å². The molecule has 0 bridgehead atoms. The van der Waals surface area contributed by atoms with Gasteiger partial charge in [0.25, 0.3) is 0 Å². The molecule has 1 fully saturated rings. The molecule has 2 heterocycles. The highest BCUT2D eigenvalue weighted by atomic mass is 16.4. The molecule has 2 aliphatic rings. The number of aromatic amines is 1. The van der Waals surface area contributed by atoms with Crippen molar-refractivity contribution in [2.45, 2.75) is 62.4 Å². The van der Waals surface area contributed by atoms with Crippen LogP contribution in [0.5, 0.6) is 0 Å². The number of carbonyl (C=O) groups excluding carboxylic acids is 2. The smallest absolute Gasteiger partial charge is 0.311 e. The summed E-state index contributed by atoms with van der Waals surface area (Å²) in [5.74, 6) is -1.83. The maximum Gasteiger partial charge on any atom is 0.311 e. The topological polar surface area (TPSA) is 129 Å². The van der Waals surface area contributed by atoms with Crippen molar-refractivity contribution < 1.29 is 19.5 Å². The van der Waals surface area contributed by atoms with Gasteiger partial charge in [-0.1, -0.05) is 42.5 Å². The molecule has 1 aromatic heterocycles. The van der Waals surface area contributed by atoms with Crippen molar-refractivity contribution in [2.75, 3.05) is 13.1 Å². The molecule has 1 aliphatic heterocycles. The Hall–Kier alpha value is -3.65. The Kier molecular flexibility index (Phi) is 6.31. The first-order chi connectivity index (χ1) is 17.6. The fraction of sp³-hybridized carbons (Fsp3) is 0.414. The van der Waals surface area contributed by atoms with E-state index in [-0.39, 0.29) is 17.2 Å². The number of carboxylic acids is 1. The van der Waals surface area contributed by atoms with Crippen LogP contribution < -0.4 is 11.1 Å². The number of carbonyl (C=O) groups is 3. The van der Waals surface area contributed by atoms with Gasteiger partial charge in [0.1, 0.15) is 6.04 Å². The summed E-state index contributed by atoms with van der Waals surface area (Å²) in [5, 5.41) is 13.7. The number of hydrogen-bond acceptors (Lipinski definition) is 4. The molecule has 2 aromatic carbocycles. The Morgan fingerprint density at radius 3 is 2.51 bits per heavy atom. The van der Waals surface area contributed by atoms with Crippen LogP contribution in [0.4, 0.5) is 0 Å². The van der Waals surface area contributed by atoms with E-state index in [9.17, 15) is 19.5 Å². The molecule has 37 heavy (non-hydrogen) atoms. The summed E-state index contributed by atoms with van der Waals surface area (Å²) >= 11 is 0. The molecule has 194 valence electrons. The van der Waals surface area contributed by atoms with Crippen LogP contribution in [0.25, 0.3) is 10.9 Å². The van der Waals surface area contributed by atoms with Gasteiger partial charge in [-0.25, -0.2) is 0 Å². The second-order valence-electron chi connectivity index (χ2n) is 11.1. The summed E-state index contributed by atoms with van der Waals surface area (Å²) in [7, 11) is 0. The van der Waals surface area contributed by atoms with Crippen LogP contribution in [-0.2, 0) is 26.2 Å². The molecule has 1 unspecified atom stereocenters. The van der Waals surface area contributed by atoms with Crippen molar-refractivity contribution >= 4 is 28.7 Å². The molecular formula is C29H34N4O4. The number of aliphatic carboxylic acids is 1. The van der Waals surface area contributed by atoms with Crippen LogP contribution >= 0.6 is 0 Å². The Labute approximate surface area is 216 Å². The fourth-order valence-corrected chi connectivity index (χ4v) is 6.03. The molecule has 5 N–H and O–H groups in total. The highest BCUT2D eigenvalue weighted by Crippen LogP contribution is 2.51. The number of likely N-dealkylation sites (tertiary alicyclic amines) is 1. The van der Waals surface area contributed by atoms with Crippen LogP contribution in [0.15, 0.2) is 54.7 Å². The average molecular weight is 503 g/mol. The Morgan fingerprint density at radius 1 is 1.14 bits per heavy atom. The van der Waals surface area contributed by atoms with Gasteiger partial charge in [-0.3, -0.25) is 14.4 Å². The molecule has 1 saturated heterocycles. The number of amides is 2. The van der Waals surface area contributed by atoms with Gasteiger partial charge in [-0.15, -0.1) is 0 Å². The predicted octanol–water partition coefficient (Wildman–Crippen LogP) is 3.06. The Bertz CT molecular complexity index is 1350. The second kappa shape index (κ2) is 9.34. The van der Waals surface area contributed by atoms with E-state index in [0.717, 1.165) is 27.6 Å². The van der Waals surface area contributed by atoms with E-state index >= 15 is 0 Å². The monoisotopic (exact) mass is 502 g/mol. The third-order valence-corrected chi connectivity index (χ3v) is 8.12. The number of nitrogens with two attached hydrogens (primary N) is 1. The summed E-state index contributed by atoms with van der Waals surface area (Å²) in [5.41, 5.74) is 8.59. The number of carboxylic acid groups (broad SMARTS) is 1. The molecule has 2 atom stereocenters. The quantitative estimate of drug-likeness (QED) is 0.412. The van der Waals surface area contributed by atoms with Crippen LogP contribution in [0.2, 0.25) is 0 Å². The lowest BCUT2D eigenvalue weighted by atomic mass is 9.73. The third-order valence-electron chi connectivity index (χ3n) is 8.12. The first-order valence-corrected chi connectivity index (χ1v) is 12.8. The minimum Gasteiger partial charge on any atom is -0.481 e. The molecule has 5 rings (SSSR count). The highest BCUT2D eigenvalue weighted by Gasteiger charge is 2.48. The third kappa shape index (κ3) is 4.62. The van der Waals surface area contributed by atoms with E-state index in [1.807, 2.05) is 59.6 Å². The number of para-hydroxylation sites is 1. The molecule has 2 amide bonds. The molecule has 3 aromatic rings. The average Bonchev–Trinajstić information content (AvgIpc) is 3.43. The minimum atomic E-state index is -1.12. The maximum absolute atomic E-state index is 13.8. The van der Waals surface area contributed by atoms with Crippen molar-refractivity contribution in [2.24, 2.45) is 5.73 Å². The molecule has 0 radical (unpaired) electrons. The van der Waals surface area contributed by atoms with Crippen molar-refractivity contribution in [1.29, 1.82) is 0 Å². The van der Waals surface area contributed by atoms with Gasteiger partial charge >= 0.3 is 5.97 Å². The van der Waals surface area contributed by atoms with Gasteiger partial charge in [0.15, 0.2) is 0 Å². The van der Waals surface area contributed by atoms with Gasteiger partial charge in [0.2, 0.25) is 11.8 Å². The molecule has 0 saturated carbocycles. The number of nitrogens with one attached hydrogen (secondary N) is 2. The number of rotatable bonds is 6. The number of H-pyrrole nitrogens is 1. The summed E-state index contributed by atoms with van der Waals surface area (Å²) in [6, 6.07) is 14.9. The van der Waals surface area contributed by atoms with Crippen molar-refractivity contribution in [3.05, 3.63) is 71.4 Å². The molecule has 1 spiro atoms. The molecular weight excluding hydrogens is 468 g/mol. The number of piperidine rings is 1. The van der Waals surface area contributed by atoms with Crippen molar-refractivity contribution in [3.63, 3.8) is 0 Å². The lowest BCUT2D eigenvalue weighted by molar-refractivity contribution is -0.140. The van der Waals surface area contributed by atoms with Gasteiger partial charge in [0, 0.05) is 42.0 Å². The number of fused-ring (bicyclic) bond motifs is 3. The SMILES string of the molecule is CC(C)(N)C(=O)N[C@H](Cc1c[nH]c2ccccc12)C(=O)N1CCC2(CC1)CC(C(=O)O)c1ccccc12. The van der Waals surface area contributed by atoms with Crippen LogP contribution in [0, 0.1) is 0 Å². The minimum absolute atomic E-state index is 0.140. The van der Waals surface area contributed by atoms with Crippen LogP contribution in [0.1, 0.15) is 55.7 Å². The van der Waals surface area contributed by atoms with Gasteiger partial charge in [-0.05, 0) is 55.9 Å². The van der Waals surface area contributed by atoms with E-state index in [1.165, 1.54) is 0 Å². The lowest BCUT2D eigenvalue weighted by Crippen LogP contribution is -2.58. The normalized spacial score (nSPS) is 19.5. The van der Waals surface area contributed by atoms with E-state index in [4.69, 9.17) is 5.73 Å². The van der Waals surface area contributed by atoms with Crippen LogP contribution in [-0.4, -0.2) is 57.4 Å². The fourth-order valence-electron chi connectivity index (χ4n) is 6.03. The second-order valence-corrected chi connectivity index (χ2v) is 11.1. The molecule has 1 aliphatic carbocycles. The summed E-state index contributed by atoms with van der Waals surface area (Å²) in [6.07, 6.45) is 4.17. The molecule has 8 heteroatoms. The Balaban J connectivity index is 1.36. The van der Waals surface area contributed by atoms with E-state index in [0.29, 0.717) is 38.8 Å². The van der Waals surface area contributed by atoms with Crippen LogP contribution in [0.3, 0.4) is 0 Å². The lowest BCUT2D eigenvalue weighted by Gasteiger charge is -2.41. The predicted molar refractivity (Wildman–Crippen MR) is 141 cm³/mol. The van der Waals surface area contributed by atoms with E-state index < -0.39 is 23.5 Å². The number of hydrogen-bond donors (Lipinski definition) is 4. The van der Waals surface area contributed by atoms with E-state index in [1.54, 1.807) is 13.8 Å². The first-order valence-electron chi connectivity index (χ1n) is 12.8. The summed E-state index contributed by atoms with van der Waals surface area (Å²) in [4.78, 5) is 43.7. The standard InChI is InChI=1S/C29H34N4O4/c1-28(2,30)27(37)32-24(15-18-17-31-23-10-6-4-7-19(18)23)25(34)33-13-11-29(12-14-33)16-21(26(35)36)20-8-3-5-9-22(20)29/h3-10,17,21,24,31H,11-16,30H2,1-2H3,(H,32,37)(H,35,36)/t21?,24-/m1/s1. The number of benzene rings is 2.